The minimum absolute atomic E-state index is 0.192. The summed E-state index contributed by atoms with van der Waals surface area (Å²) >= 11 is 0. The molecule has 1 amide bonds. The van der Waals surface area contributed by atoms with Gasteiger partial charge in [0.15, 0.2) is 0 Å². The first-order valence-electron chi connectivity index (χ1n) is 9.87. The van der Waals surface area contributed by atoms with Gasteiger partial charge < -0.3 is 9.88 Å². The highest BCUT2D eigenvalue weighted by Crippen LogP contribution is 2.25. The molecule has 1 aromatic carbocycles. The predicted octanol–water partition coefficient (Wildman–Crippen LogP) is 3.78. The predicted molar refractivity (Wildman–Crippen MR) is 101 cm³/mol. The molecule has 1 aromatic heterocycles. The van der Waals surface area contributed by atoms with Crippen LogP contribution in [-0.2, 0) is 11.3 Å². The minimum Gasteiger partial charge on any atom is -0.361 e. The number of benzene rings is 1. The molecule has 0 aliphatic carbocycles. The van der Waals surface area contributed by atoms with Crippen LogP contribution < -0.4 is 0 Å². The van der Waals surface area contributed by atoms with Crippen LogP contribution in [0.2, 0.25) is 0 Å². The van der Waals surface area contributed by atoms with Crippen LogP contribution in [0.4, 0.5) is 0 Å². The van der Waals surface area contributed by atoms with Gasteiger partial charge in [-0.2, -0.15) is 0 Å². The fourth-order valence-corrected chi connectivity index (χ4v) is 4.45. The number of hydrogen-bond donors (Lipinski definition) is 1. The van der Waals surface area contributed by atoms with E-state index in [0.29, 0.717) is 5.91 Å². The second kappa shape index (κ2) is 7.61. The Morgan fingerprint density at radius 1 is 1.04 bits per heavy atom. The van der Waals surface area contributed by atoms with Gasteiger partial charge in [0.2, 0.25) is 5.91 Å². The lowest BCUT2D eigenvalue weighted by atomic mass is 9.96. The molecule has 4 nitrogen and oxygen atoms in total. The Hall–Kier alpha value is -1.81. The van der Waals surface area contributed by atoms with Crippen LogP contribution in [0.5, 0.6) is 0 Å². The van der Waals surface area contributed by atoms with Crippen molar-refractivity contribution in [3.8, 4) is 0 Å². The molecule has 1 atom stereocenters. The second-order valence-corrected chi connectivity index (χ2v) is 7.67. The van der Waals surface area contributed by atoms with Crippen molar-refractivity contribution in [2.45, 2.75) is 45.1 Å². The number of H-pyrrole nitrogens is 1. The number of hydrogen-bond acceptors (Lipinski definition) is 2. The van der Waals surface area contributed by atoms with Crippen LogP contribution in [0, 0.1) is 5.92 Å². The Kier molecular flexibility index (Phi) is 5.07. The van der Waals surface area contributed by atoms with Gasteiger partial charge in [-0.3, -0.25) is 9.69 Å². The fourth-order valence-electron chi connectivity index (χ4n) is 4.45. The number of carbonyl (C=O) groups excluding carboxylic acids is 1. The van der Waals surface area contributed by atoms with Crippen molar-refractivity contribution in [2.75, 3.05) is 26.2 Å². The fraction of sp³-hybridized carbons (Fsp3) is 0.571. The molecule has 2 aliphatic heterocycles. The third-order valence-electron chi connectivity index (χ3n) is 5.84. The highest BCUT2D eigenvalue weighted by atomic mass is 16.2. The quantitative estimate of drug-likeness (QED) is 0.924. The third-order valence-corrected chi connectivity index (χ3v) is 5.84. The highest BCUT2D eigenvalue weighted by molar-refractivity contribution is 5.83. The molecule has 2 aliphatic rings. The third kappa shape index (κ3) is 3.74. The van der Waals surface area contributed by atoms with E-state index in [-0.39, 0.29) is 5.92 Å². The number of nitrogens with zero attached hydrogens (tertiary/aromatic N) is 2. The molecular weight excluding hydrogens is 310 g/mol. The Bertz CT molecular complexity index is 715. The first kappa shape index (κ1) is 16.6. The first-order chi connectivity index (χ1) is 12.3. The summed E-state index contributed by atoms with van der Waals surface area (Å²) < 4.78 is 0. The summed E-state index contributed by atoms with van der Waals surface area (Å²) in [4.78, 5) is 20.9. The van der Waals surface area contributed by atoms with Crippen LogP contribution >= 0.6 is 0 Å². The molecule has 4 heteroatoms. The summed E-state index contributed by atoms with van der Waals surface area (Å²) in [6.07, 6.45) is 9.23. The first-order valence-corrected chi connectivity index (χ1v) is 9.87. The largest absolute Gasteiger partial charge is 0.361 e. The molecule has 0 unspecified atom stereocenters. The molecule has 2 saturated heterocycles. The lowest BCUT2D eigenvalue weighted by molar-refractivity contribution is -0.137. The average molecular weight is 339 g/mol. The van der Waals surface area contributed by atoms with Crippen molar-refractivity contribution in [1.82, 2.24) is 14.8 Å². The molecule has 25 heavy (non-hydrogen) atoms. The summed E-state index contributed by atoms with van der Waals surface area (Å²) in [6.45, 7) is 4.89. The maximum Gasteiger partial charge on any atom is 0.226 e. The maximum absolute atomic E-state index is 13.0. The van der Waals surface area contributed by atoms with Gasteiger partial charge >= 0.3 is 0 Å². The Morgan fingerprint density at radius 2 is 1.84 bits per heavy atom. The normalized spacial score (nSPS) is 22.9. The summed E-state index contributed by atoms with van der Waals surface area (Å²) in [6, 6.07) is 8.48. The number of fused-ring (bicyclic) bond motifs is 1. The van der Waals surface area contributed by atoms with Crippen molar-refractivity contribution in [3.05, 3.63) is 36.0 Å². The van der Waals surface area contributed by atoms with Gasteiger partial charge in [0, 0.05) is 43.3 Å². The van der Waals surface area contributed by atoms with Crippen LogP contribution in [0.25, 0.3) is 10.9 Å². The summed E-state index contributed by atoms with van der Waals surface area (Å²) in [5.41, 5.74) is 2.55. The number of carbonyl (C=O) groups is 1. The standard InChI is InChI=1S/C21H29N3O/c25-21(24-12-5-1-2-6-13-24)17-8-7-11-23(15-17)16-18-14-22-20-10-4-3-9-19(18)20/h3-4,9-10,14,17,22H,1-2,5-8,11-13,15-16H2/t17-/m0/s1. The lowest BCUT2D eigenvalue weighted by Gasteiger charge is -2.34. The molecule has 0 radical (unpaired) electrons. The lowest BCUT2D eigenvalue weighted by Crippen LogP contribution is -2.44. The van der Waals surface area contributed by atoms with Crippen molar-refractivity contribution in [1.29, 1.82) is 0 Å². The minimum atomic E-state index is 0.192. The van der Waals surface area contributed by atoms with E-state index in [0.717, 1.165) is 45.6 Å². The zero-order valence-corrected chi connectivity index (χ0v) is 15.0. The molecule has 0 saturated carbocycles. The number of likely N-dealkylation sites (tertiary alicyclic amines) is 2. The van der Waals surface area contributed by atoms with Gasteiger partial charge in [0.1, 0.15) is 0 Å². The highest BCUT2D eigenvalue weighted by Gasteiger charge is 2.29. The van der Waals surface area contributed by atoms with Crippen LogP contribution in [0.15, 0.2) is 30.5 Å². The van der Waals surface area contributed by atoms with Gasteiger partial charge in [-0.15, -0.1) is 0 Å². The number of aromatic amines is 1. The number of aromatic nitrogens is 1. The SMILES string of the molecule is O=C([C@H]1CCCN(Cc2c[nH]c3ccccc23)C1)N1CCCCCC1. The van der Waals surface area contributed by atoms with Crippen LogP contribution in [0.3, 0.4) is 0 Å². The summed E-state index contributed by atoms with van der Waals surface area (Å²) in [7, 11) is 0. The molecule has 4 rings (SSSR count). The van der Waals surface area contributed by atoms with E-state index in [2.05, 4.69) is 45.2 Å². The molecule has 2 aromatic rings. The van der Waals surface area contributed by atoms with Gasteiger partial charge in [0.05, 0.1) is 5.92 Å². The Balaban J connectivity index is 1.41. The van der Waals surface area contributed by atoms with E-state index >= 15 is 0 Å². The van der Waals surface area contributed by atoms with E-state index in [9.17, 15) is 4.79 Å². The van der Waals surface area contributed by atoms with Crippen molar-refractivity contribution in [2.24, 2.45) is 5.92 Å². The topological polar surface area (TPSA) is 39.3 Å². The van der Waals surface area contributed by atoms with Crippen molar-refractivity contribution in [3.63, 3.8) is 0 Å². The molecule has 0 spiro atoms. The molecule has 3 heterocycles. The van der Waals surface area contributed by atoms with E-state index in [1.807, 2.05) is 0 Å². The number of piperidine rings is 1. The Morgan fingerprint density at radius 3 is 2.68 bits per heavy atom. The van der Waals surface area contributed by atoms with Gasteiger partial charge in [-0.05, 0) is 43.9 Å². The number of nitrogens with one attached hydrogen (secondary N) is 1. The number of rotatable bonds is 3. The van der Waals surface area contributed by atoms with Gasteiger partial charge in [-0.1, -0.05) is 31.0 Å². The molecule has 134 valence electrons. The zero-order valence-electron chi connectivity index (χ0n) is 15.0. The monoisotopic (exact) mass is 339 g/mol. The van der Waals surface area contributed by atoms with E-state index < -0.39 is 0 Å². The smallest absolute Gasteiger partial charge is 0.226 e. The van der Waals surface area contributed by atoms with Gasteiger partial charge in [-0.25, -0.2) is 0 Å². The number of amides is 1. The van der Waals surface area contributed by atoms with Crippen molar-refractivity contribution < 1.29 is 4.79 Å². The second-order valence-electron chi connectivity index (χ2n) is 7.67. The molecular formula is C21H29N3O. The van der Waals surface area contributed by atoms with E-state index in [1.54, 1.807) is 0 Å². The molecule has 1 N–H and O–H groups in total. The Labute approximate surface area is 150 Å². The van der Waals surface area contributed by atoms with Crippen LogP contribution in [-0.4, -0.2) is 46.9 Å². The average Bonchev–Trinajstić information content (AvgIpc) is 2.87. The maximum atomic E-state index is 13.0. The van der Waals surface area contributed by atoms with E-state index in [4.69, 9.17) is 0 Å². The summed E-state index contributed by atoms with van der Waals surface area (Å²) in [5, 5.41) is 1.31. The van der Waals surface area contributed by atoms with E-state index in [1.165, 1.54) is 42.1 Å². The molecule has 2 fully saturated rings. The zero-order chi connectivity index (χ0) is 17.1. The van der Waals surface area contributed by atoms with Crippen molar-refractivity contribution >= 4 is 16.8 Å². The molecule has 0 bridgehead atoms. The van der Waals surface area contributed by atoms with Crippen LogP contribution in [0.1, 0.15) is 44.1 Å². The summed E-state index contributed by atoms with van der Waals surface area (Å²) in [5.74, 6) is 0.600. The van der Waals surface area contributed by atoms with Gasteiger partial charge in [0.25, 0.3) is 0 Å². The number of para-hydroxylation sites is 1.